The highest BCUT2D eigenvalue weighted by atomic mass is 32.2. The molecule has 1 N–H and O–H groups in total. The number of carboxylic acids is 1. The molecule has 0 heterocycles. The molecule has 4 heteroatoms. The number of carboxylic acid groups (broad SMARTS) is 1. The van der Waals surface area contributed by atoms with Gasteiger partial charge in [0.05, 0.1) is 7.11 Å². The van der Waals surface area contributed by atoms with E-state index >= 15 is 0 Å². The van der Waals surface area contributed by atoms with E-state index in [0.29, 0.717) is 0 Å². The van der Waals surface area contributed by atoms with Gasteiger partial charge in [0.25, 0.3) is 0 Å². The van der Waals surface area contributed by atoms with Crippen molar-refractivity contribution in [2.24, 2.45) is 0 Å². The van der Waals surface area contributed by atoms with Crippen LogP contribution in [0, 0.1) is 0 Å². The summed E-state index contributed by atoms with van der Waals surface area (Å²) in [5.74, 6) is 1.96. The van der Waals surface area contributed by atoms with E-state index < -0.39 is 5.97 Å². The minimum atomic E-state index is -0.934. The molecular weight excluding hydrogens is 272 g/mol. The largest absolute Gasteiger partial charge is 0.496 e. The van der Waals surface area contributed by atoms with Gasteiger partial charge in [-0.15, -0.1) is 0 Å². The first-order valence-corrected chi connectivity index (χ1v) is 7.98. The summed E-state index contributed by atoms with van der Waals surface area (Å²) < 4.78 is 5.35. The Bertz CT molecular complexity index is 455. The van der Waals surface area contributed by atoms with Crippen molar-refractivity contribution < 1.29 is 14.6 Å². The highest BCUT2D eigenvalue weighted by Crippen LogP contribution is 2.25. The standard InChI is InChI=1S/C16H22O3S/c1-3-4-5-10-20-12-14-11-13(7-9-16(17)18)6-8-15(14)19-2/h6-9,11H,3-5,10,12H2,1-2H3,(H,17,18)/b9-7+. The number of carbonyl (C=O) groups is 1. The second kappa shape index (κ2) is 9.48. The van der Waals surface area contributed by atoms with Gasteiger partial charge in [-0.3, -0.25) is 0 Å². The van der Waals surface area contributed by atoms with E-state index in [0.717, 1.165) is 34.5 Å². The smallest absolute Gasteiger partial charge is 0.328 e. The SMILES string of the molecule is CCCCCSCc1cc(/C=C/C(=O)O)ccc1OC. The van der Waals surface area contributed by atoms with Gasteiger partial charge in [-0.2, -0.15) is 11.8 Å². The maximum absolute atomic E-state index is 10.5. The molecule has 0 bridgehead atoms. The van der Waals surface area contributed by atoms with Crippen molar-refractivity contribution in [3.63, 3.8) is 0 Å². The average Bonchev–Trinajstić information content (AvgIpc) is 2.45. The minimum Gasteiger partial charge on any atom is -0.496 e. The van der Waals surface area contributed by atoms with Crippen molar-refractivity contribution >= 4 is 23.8 Å². The first-order valence-electron chi connectivity index (χ1n) is 6.83. The molecule has 0 aliphatic rings. The normalized spacial score (nSPS) is 10.9. The number of rotatable bonds is 9. The predicted molar refractivity (Wildman–Crippen MR) is 85.4 cm³/mol. The van der Waals surface area contributed by atoms with Crippen LogP contribution in [0.15, 0.2) is 24.3 Å². The Morgan fingerprint density at radius 2 is 2.20 bits per heavy atom. The van der Waals surface area contributed by atoms with Crippen LogP contribution in [0.1, 0.15) is 37.3 Å². The van der Waals surface area contributed by atoms with Crippen LogP contribution < -0.4 is 4.74 Å². The lowest BCUT2D eigenvalue weighted by molar-refractivity contribution is -0.131. The molecule has 0 aliphatic carbocycles. The van der Waals surface area contributed by atoms with E-state index in [1.165, 1.54) is 19.3 Å². The molecule has 1 aromatic carbocycles. The van der Waals surface area contributed by atoms with Crippen LogP contribution in [0.5, 0.6) is 5.75 Å². The van der Waals surface area contributed by atoms with E-state index in [1.807, 2.05) is 30.0 Å². The van der Waals surface area contributed by atoms with E-state index in [2.05, 4.69) is 6.92 Å². The first kappa shape index (κ1) is 16.6. The molecule has 0 amide bonds. The molecule has 20 heavy (non-hydrogen) atoms. The Kier molecular flexibility index (Phi) is 7.88. The van der Waals surface area contributed by atoms with Crippen molar-refractivity contribution in [2.75, 3.05) is 12.9 Å². The zero-order valence-electron chi connectivity index (χ0n) is 12.1. The van der Waals surface area contributed by atoms with Crippen molar-refractivity contribution in [3.8, 4) is 5.75 Å². The van der Waals surface area contributed by atoms with Gasteiger partial charge >= 0.3 is 5.97 Å². The number of ether oxygens (including phenoxy) is 1. The second-order valence-electron chi connectivity index (χ2n) is 4.50. The molecule has 110 valence electrons. The van der Waals surface area contributed by atoms with Gasteiger partial charge in [0.15, 0.2) is 0 Å². The zero-order valence-corrected chi connectivity index (χ0v) is 12.9. The van der Waals surface area contributed by atoms with Gasteiger partial charge in [-0.25, -0.2) is 4.79 Å². The first-order chi connectivity index (χ1) is 9.67. The predicted octanol–water partition coefficient (Wildman–Crippen LogP) is 4.22. The lowest BCUT2D eigenvalue weighted by Crippen LogP contribution is -1.93. The summed E-state index contributed by atoms with van der Waals surface area (Å²) in [6, 6.07) is 5.75. The molecule has 0 saturated heterocycles. The maximum Gasteiger partial charge on any atom is 0.328 e. The number of unbranched alkanes of at least 4 members (excludes halogenated alkanes) is 2. The van der Waals surface area contributed by atoms with Crippen molar-refractivity contribution in [1.29, 1.82) is 0 Å². The van der Waals surface area contributed by atoms with Crippen molar-refractivity contribution in [3.05, 3.63) is 35.4 Å². The lowest BCUT2D eigenvalue weighted by atomic mass is 10.1. The topological polar surface area (TPSA) is 46.5 Å². The third kappa shape index (κ3) is 6.15. The molecule has 3 nitrogen and oxygen atoms in total. The summed E-state index contributed by atoms with van der Waals surface area (Å²) in [6.07, 6.45) is 6.50. The van der Waals surface area contributed by atoms with Crippen LogP contribution in [-0.4, -0.2) is 23.9 Å². The van der Waals surface area contributed by atoms with Gasteiger partial charge in [-0.1, -0.05) is 25.8 Å². The Balaban J connectivity index is 2.66. The summed E-state index contributed by atoms with van der Waals surface area (Å²) in [5, 5.41) is 8.65. The molecule has 0 unspecified atom stereocenters. The van der Waals surface area contributed by atoms with Gasteiger partial charge < -0.3 is 9.84 Å². The van der Waals surface area contributed by atoms with Gasteiger partial charge in [0.2, 0.25) is 0 Å². The second-order valence-corrected chi connectivity index (χ2v) is 5.61. The summed E-state index contributed by atoms with van der Waals surface area (Å²) in [5.41, 5.74) is 2.00. The molecule has 0 aliphatic heterocycles. The van der Waals surface area contributed by atoms with E-state index in [1.54, 1.807) is 13.2 Å². The van der Waals surface area contributed by atoms with Crippen LogP contribution in [0.2, 0.25) is 0 Å². The minimum absolute atomic E-state index is 0.862. The number of thioether (sulfide) groups is 1. The number of hydrogen-bond donors (Lipinski definition) is 1. The quantitative estimate of drug-likeness (QED) is 0.547. The van der Waals surface area contributed by atoms with Crippen molar-refractivity contribution in [1.82, 2.24) is 0 Å². The van der Waals surface area contributed by atoms with Crippen LogP contribution in [0.3, 0.4) is 0 Å². The molecule has 1 aromatic rings. The van der Waals surface area contributed by atoms with E-state index in [4.69, 9.17) is 9.84 Å². The van der Waals surface area contributed by atoms with Crippen molar-refractivity contribution in [2.45, 2.75) is 31.9 Å². The fourth-order valence-electron chi connectivity index (χ4n) is 1.82. The highest BCUT2D eigenvalue weighted by Gasteiger charge is 2.04. The number of hydrogen-bond acceptors (Lipinski definition) is 3. The Morgan fingerprint density at radius 3 is 2.85 bits per heavy atom. The monoisotopic (exact) mass is 294 g/mol. The molecule has 0 atom stereocenters. The van der Waals surface area contributed by atoms with Gasteiger partial charge in [0, 0.05) is 17.4 Å². The molecule has 0 saturated carbocycles. The fourth-order valence-corrected chi connectivity index (χ4v) is 2.82. The summed E-state index contributed by atoms with van der Waals surface area (Å²) in [7, 11) is 1.66. The number of methoxy groups -OCH3 is 1. The Morgan fingerprint density at radius 1 is 1.40 bits per heavy atom. The van der Waals surface area contributed by atoms with E-state index in [-0.39, 0.29) is 0 Å². The summed E-state index contributed by atoms with van der Waals surface area (Å²) in [4.78, 5) is 10.5. The highest BCUT2D eigenvalue weighted by molar-refractivity contribution is 7.98. The molecule has 1 rings (SSSR count). The zero-order chi connectivity index (χ0) is 14.8. The molecular formula is C16H22O3S. The summed E-state index contributed by atoms with van der Waals surface area (Å²) >= 11 is 1.89. The average molecular weight is 294 g/mol. The lowest BCUT2D eigenvalue weighted by Gasteiger charge is -2.09. The molecule has 0 spiro atoms. The Hall–Kier alpha value is -1.42. The van der Waals surface area contributed by atoms with Gasteiger partial charge in [-0.05, 0) is 35.9 Å². The summed E-state index contributed by atoms with van der Waals surface area (Å²) in [6.45, 7) is 2.20. The fraction of sp³-hybridized carbons (Fsp3) is 0.438. The van der Waals surface area contributed by atoms with Crippen LogP contribution in [0.4, 0.5) is 0 Å². The maximum atomic E-state index is 10.5. The molecule has 0 fully saturated rings. The molecule has 0 radical (unpaired) electrons. The van der Waals surface area contributed by atoms with Gasteiger partial charge in [0.1, 0.15) is 5.75 Å². The van der Waals surface area contributed by atoms with Crippen LogP contribution >= 0.6 is 11.8 Å². The third-order valence-electron chi connectivity index (χ3n) is 2.87. The Labute approximate surface area is 125 Å². The molecule has 0 aromatic heterocycles. The number of benzene rings is 1. The van der Waals surface area contributed by atoms with E-state index in [9.17, 15) is 4.79 Å². The third-order valence-corrected chi connectivity index (χ3v) is 3.97. The van der Waals surface area contributed by atoms with Crippen LogP contribution in [-0.2, 0) is 10.5 Å². The van der Waals surface area contributed by atoms with Crippen LogP contribution in [0.25, 0.3) is 6.08 Å². The number of aliphatic carboxylic acids is 1.